The Bertz CT molecular complexity index is 157. The predicted octanol–water partition coefficient (Wildman–Crippen LogP) is 1.37. The third kappa shape index (κ3) is 5.17. The van der Waals surface area contributed by atoms with Crippen LogP contribution in [0.1, 0.15) is 6.92 Å². The first-order valence-corrected chi connectivity index (χ1v) is 3.83. The van der Waals surface area contributed by atoms with Crippen LogP contribution in [0, 0.1) is 0 Å². The summed E-state index contributed by atoms with van der Waals surface area (Å²) in [7, 11) is 1.30. The van der Waals surface area contributed by atoms with Crippen molar-refractivity contribution >= 4 is 17.3 Å². The SMILES string of the molecule is CCNC(=S)N(C)CC(F)(F)F. The molecule has 0 aromatic rings. The first-order valence-electron chi connectivity index (χ1n) is 3.42. The van der Waals surface area contributed by atoms with Gasteiger partial charge < -0.3 is 10.2 Å². The Morgan fingerprint density at radius 1 is 1.50 bits per heavy atom. The van der Waals surface area contributed by atoms with Crippen molar-refractivity contribution in [2.45, 2.75) is 13.1 Å². The van der Waals surface area contributed by atoms with Crippen molar-refractivity contribution < 1.29 is 13.2 Å². The molecule has 0 aromatic heterocycles. The van der Waals surface area contributed by atoms with Gasteiger partial charge in [-0.2, -0.15) is 13.2 Å². The average molecular weight is 200 g/mol. The molecule has 12 heavy (non-hydrogen) atoms. The molecule has 72 valence electrons. The van der Waals surface area contributed by atoms with Crippen LogP contribution in [-0.2, 0) is 0 Å². The van der Waals surface area contributed by atoms with Crippen LogP contribution in [-0.4, -0.2) is 36.3 Å². The standard InChI is InChI=1S/C6H11F3N2S/c1-3-10-5(12)11(2)4-6(7,8)9/h3-4H2,1-2H3,(H,10,12). The Morgan fingerprint density at radius 3 is 2.33 bits per heavy atom. The second-order valence-electron chi connectivity index (χ2n) is 2.31. The monoisotopic (exact) mass is 200 g/mol. The highest BCUT2D eigenvalue weighted by molar-refractivity contribution is 7.80. The molecule has 0 spiro atoms. The molecule has 1 N–H and O–H groups in total. The second kappa shape index (κ2) is 4.49. The van der Waals surface area contributed by atoms with E-state index in [9.17, 15) is 13.2 Å². The Hall–Kier alpha value is -0.520. The molecule has 0 unspecified atom stereocenters. The lowest BCUT2D eigenvalue weighted by Crippen LogP contribution is -2.41. The Labute approximate surface area is 74.7 Å². The van der Waals surface area contributed by atoms with Crippen LogP contribution < -0.4 is 5.32 Å². The van der Waals surface area contributed by atoms with Crippen LogP contribution in [0.5, 0.6) is 0 Å². The van der Waals surface area contributed by atoms with E-state index >= 15 is 0 Å². The molecule has 0 bridgehead atoms. The van der Waals surface area contributed by atoms with Gasteiger partial charge >= 0.3 is 6.18 Å². The van der Waals surface area contributed by atoms with Crippen LogP contribution in [0.15, 0.2) is 0 Å². The summed E-state index contributed by atoms with van der Waals surface area (Å²) in [6, 6.07) is 0. The van der Waals surface area contributed by atoms with Gasteiger partial charge in [-0.05, 0) is 19.1 Å². The first-order chi connectivity index (χ1) is 5.37. The van der Waals surface area contributed by atoms with Crippen LogP contribution in [0.2, 0.25) is 0 Å². The minimum atomic E-state index is -4.20. The summed E-state index contributed by atoms with van der Waals surface area (Å²) in [5.41, 5.74) is 0. The molecule has 0 atom stereocenters. The number of hydrogen-bond acceptors (Lipinski definition) is 1. The lowest BCUT2D eigenvalue weighted by Gasteiger charge is -2.21. The fourth-order valence-electron chi connectivity index (χ4n) is 0.627. The molecule has 6 heteroatoms. The summed E-state index contributed by atoms with van der Waals surface area (Å²) in [5, 5.41) is 2.75. The molecule has 0 saturated carbocycles. The highest BCUT2D eigenvalue weighted by Crippen LogP contribution is 2.15. The molecule has 0 radical (unpaired) electrons. The third-order valence-electron chi connectivity index (χ3n) is 1.09. The molecule has 0 aliphatic heterocycles. The van der Waals surface area contributed by atoms with Gasteiger partial charge in [-0.3, -0.25) is 0 Å². The summed E-state index contributed by atoms with van der Waals surface area (Å²) in [6.07, 6.45) is -4.20. The second-order valence-corrected chi connectivity index (χ2v) is 2.69. The maximum absolute atomic E-state index is 11.8. The van der Waals surface area contributed by atoms with E-state index in [0.717, 1.165) is 4.90 Å². The summed E-state index contributed by atoms with van der Waals surface area (Å²) in [6.45, 7) is 1.29. The van der Waals surface area contributed by atoms with E-state index in [2.05, 4.69) is 17.5 Å². The number of halogens is 3. The topological polar surface area (TPSA) is 15.3 Å². The zero-order valence-electron chi connectivity index (χ0n) is 6.90. The van der Waals surface area contributed by atoms with Crippen molar-refractivity contribution in [3.63, 3.8) is 0 Å². The van der Waals surface area contributed by atoms with E-state index in [1.165, 1.54) is 7.05 Å². The molecule has 0 heterocycles. The van der Waals surface area contributed by atoms with Crippen molar-refractivity contribution in [1.29, 1.82) is 0 Å². The molecule has 0 aromatic carbocycles. The van der Waals surface area contributed by atoms with Crippen molar-refractivity contribution in [2.75, 3.05) is 20.1 Å². The van der Waals surface area contributed by atoms with Gasteiger partial charge in [-0.25, -0.2) is 0 Å². The minimum absolute atomic E-state index is 0.120. The number of thiocarbonyl (C=S) groups is 1. The maximum atomic E-state index is 11.8. The number of hydrogen-bond donors (Lipinski definition) is 1. The highest BCUT2D eigenvalue weighted by Gasteiger charge is 2.29. The zero-order valence-corrected chi connectivity index (χ0v) is 7.72. The molecule has 0 rings (SSSR count). The fraction of sp³-hybridized carbons (Fsp3) is 0.833. The summed E-state index contributed by atoms with van der Waals surface area (Å²) < 4.78 is 35.3. The average Bonchev–Trinajstić information content (AvgIpc) is 1.84. The smallest absolute Gasteiger partial charge is 0.363 e. The molecule has 2 nitrogen and oxygen atoms in total. The largest absolute Gasteiger partial charge is 0.405 e. The Balaban J connectivity index is 3.87. The van der Waals surface area contributed by atoms with Crippen molar-refractivity contribution in [3.05, 3.63) is 0 Å². The molecular weight excluding hydrogens is 189 g/mol. The van der Waals surface area contributed by atoms with Crippen LogP contribution >= 0.6 is 12.2 Å². The molecule has 0 amide bonds. The van der Waals surface area contributed by atoms with Crippen molar-refractivity contribution in [1.82, 2.24) is 10.2 Å². The summed E-state index contributed by atoms with van der Waals surface area (Å²) >= 11 is 4.66. The fourth-order valence-corrected chi connectivity index (χ4v) is 0.836. The van der Waals surface area contributed by atoms with E-state index in [4.69, 9.17) is 0 Å². The van der Waals surface area contributed by atoms with Gasteiger partial charge in [-0.1, -0.05) is 0 Å². The quantitative estimate of drug-likeness (QED) is 0.678. The van der Waals surface area contributed by atoms with Crippen LogP contribution in [0.4, 0.5) is 13.2 Å². The van der Waals surface area contributed by atoms with Gasteiger partial charge in [0, 0.05) is 13.6 Å². The van der Waals surface area contributed by atoms with Gasteiger partial charge in [-0.15, -0.1) is 0 Å². The first kappa shape index (κ1) is 11.5. The van der Waals surface area contributed by atoms with Gasteiger partial charge in [0.2, 0.25) is 0 Å². The number of nitrogens with zero attached hydrogens (tertiary/aromatic N) is 1. The van der Waals surface area contributed by atoms with E-state index in [1.807, 2.05) is 0 Å². The zero-order chi connectivity index (χ0) is 9.78. The lowest BCUT2D eigenvalue weighted by molar-refractivity contribution is -0.135. The van der Waals surface area contributed by atoms with E-state index in [1.54, 1.807) is 6.92 Å². The minimum Gasteiger partial charge on any atom is -0.363 e. The van der Waals surface area contributed by atoms with Crippen molar-refractivity contribution in [2.24, 2.45) is 0 Å². The van der Waals surface area contributed by atoms with Gasteiger partial charge in [0.05, 0.1) is 0 Å². The summed E-state index contributed by atoms with van der Waals surface area (Å²) in [4.78, 5) is 0.957. The normalized spacial score (nSPS) is 11.1. The maximum Gasteiger partial charge on any atom is 0.405 e. The third-order valence-corrected chi connectivity index (χ3v) is 1.55. The van der Waals surface area contributed by atoms with E-state index in [-0.39, 0.29) is 5.11 Å². The van der Waals surface area contributed by atoms with E-state index in [0.29, 0.717) is 6.54 Å². The Kier molecular flexibility index (Phi) is 4.30. The van der Waals surface area contributed by atoms with Crippen molar-refractivity contribution in [3.8, 4) is 0 Å². The lowest BCUT2D eigenvalue weighted by atomic mass is 10.5. The highest BCUT2D eigenvalue weighted by atomic mass is 32.1. The van der Waals surface area contributed by atoms with Crippen LogP contribution in [0.25, 0.3) is 0 Å². The van der Waals surface area contributed by atoms with Gasteiger partial charge in [0.1, 0.15) is 6.54 Å². The summed E-state index contributed by atoms with van der Waals surface area (Å²) in [5.74, 6) is 0. The number of rotatable bonds is 2. The van der Waals surface area contributed by atoms with E-state index < -0.39 is 12.7 Å². The van der Waals surface area contributed by atoms with Crippen LogP contribution in [0.3, 0.4) is 0 Å². The number of alkyl halides is 3. The Morgan fingerprint density at radius 2 is 2.00 bits per heavy atom. The predicted molar refractivity (Wildman–Crippen MR) is 45.0 cm³/mol. The molecular formula is C6H11F3N2S. The molecule has 0 saturated heterocycles. The molecule has 0 aliphatic carbocycles. The molecule has 0 aliphatic rings. The molecule has 0 fully saturated rings. The van der Waals surface area contributed by atoms with Gasteiger partial charge in [0.25, 0.3) is 0 Å². The number of nitrogens with one attached hydrogen (secondary N) is 1. The van der Waals surface area contributed by atoms with Gasteiger partial charge in [0.15, 0.2) is 5.11 Å².